The van der Waals surface area contributed by atoms with Gasteiger partial charge < -0.3 is 0 Å². The Morgan fingerprint density at radius 1 is 1.17 bits per heavy atom. The lowest BCUT2D eigenvalue weighted by atomic mass is 9.84. The number of hydrogen-bond donors (Lipinski definition) is 1. The summed E-state index contributed by atoms with van der Waals surface area (Å²) in [5.41, 5.74) is -0.0302. The molecule has 0 bridgehead atoms. The first-order chi connectivity index (χ1) is 11.4. The summed E-state index contributed by atoms with van der Waals surface area (Å²) in [6.07, 6.45) is 7.23. The molecule has 3 rings (SSSR count). The van der Waals surface area contributed by atoms with E-state index in [0.29, 0.717) is 17.1 Å². The number of likely N-dealkylation sites (tertiary alicyclic amines) is 1. The minimum absolute atomic E-state index is 0.00228. The molecule has 1 aliphatic carbocycles. The Hall–Kier alpha value is -1.01. The SMILES string of the molecule is CC1CCCCC1N1CCCC1C(=O)Nc1nnc(C(C)(C)C)s1. The molecule has 5 nitrogen and oxygen atoms in total. The molecule has 2 heterocycles. The second-order valence-electron chi connectivity index (χ2n) is 8.38. The van der Waals surface area contributed by atoms with Crippen molar-refractivity contribution < 1.29 is 4.79 Å². The van der Waals surface area contributed by atoms with Crippen molar-refractivity contribution in [2.45, 2.75) is 83.7 Å². The number of nitrogens with one attached hydrogen (secondary N) is 1. The van der Waals surface area contributed by atoms with Crippen molar-refractivity contribution in [3.63, 3.8) is 0 Å². The molecular formula is C18H30N4OS. The van der Waals surface area contributed by atoms with Crippen molar-refractivity contribution in [3.8, 4) is 0 Å². The first-order valence-corrected chi connectivity index (χ1v) is 10.1. The molecule has 1 N–H and O–H groups in total. The van der Waals surface area contributed by atoms with Gasteiger partial charge in [0.25, 0.3) is 0 Å². The normalized spacial score (nSPS) is 28.9. The van der Waals surface area contributed by atoms with Gasteiger partial charge in [0.05, 0.1) is 6.04 Å². The van der Waals surface area contributed by atoms with Gasteiger partial charge in [-0.25, -0.2) is 0 Å². The quantitative estimate of drug-likeness (QED) is 0.900. The number of hydrogen-bond acceptors (Lipinski definition) is 5. The van der Waals surface area contributed by atoms with E-state index < -0.39 is 0 Å². The molecule has 2 aliphatic rings. The van der Waals surface area contributed by atoms with Gasteiger partial charge in [0.1, 0.15) is 5.01 Å². The van der Waals surface area contributed by atoms with Crippen LogP contribution in [0.15, 0.2) is 0 Å². The largest absolute Gasteiger partial charge is 0.299 e. The molecule has 3 atom stereocenters. The van der Waals surface area contributed by atoms with Gasteiger partial charge in [-0.1, -0.05) is 51.9 Å². The molecule has 1 aromatic rings. The molecule has 1 aromatic heterocycles. The summed E-state index contributed by atoms with van der Waals surface area (Å²) >= 11 is 1.49. The van der Waals surface area contributed by atoms with E-state index in [1.165, 1.54) is 37.0 Å². The Bertz CT molecular complexity index is 580. The molecule has 1 saturated heterocycles. The number of anilines is 1. The fourth-order valence-electron chi connectivity index (χ4n) is 4.02. The van der Waals surface area contributed by atoms with Crippen LogP contribution in [0.25, 0.3) is 0 Å². The summed E-state index contributed by atoms with van der Waals surface area (Å²) in [5.74, 6) is 0.794. The standard InChI is InChI=1S/C18H30N4OS/c1-12-8-5-6-9-13(12)22-11-7-10-14(22)15(23)19-17-21-20-16(24-17)18(2,3)4/h12-14H,5-11H2,1-4H3,(H,19,21,23). The highest BCUT2D eigenvalue weighted by Gasteiger charge is 2.38. The predicted octanol–water partition coefficient (Wildman–Crippen LogP) is 3.82. The fourth-order valence-corrected chi connectivity index (χ4v) is 4.83. The average Bonchev–Trinajstić information content (AvgIpc) is 3.16. The van der Waals surface area contributed by atoms with Gasteiger partial charge >= 0.3 is 0 Å². The Morgan fingerprint density at radius 2 is 1.92 bits per heavy atom. The first-order valence-electron chi connectivity index (χ1n) is 9.27. The van der Waals surface area contributed by atoms with Gasteiger partial charge in [0.2, 0.25) is 11.0 Å². The lowest BCUT2D eigenvalue weighted by Gasteiger charge is -2.39. The second-order valence-corrected chi connectivity index (χ2v) is 9.35. The lowest BCUT2D eigenvalue weighted by Crippen LogP contribution is -2.48. The first kappa shape index (κ1) is 17.8. The zero-order chi connectivity index (χ0) is 17.3. The van der Waals surface area contributed by atoms with Crippen LogP contribution in [0.5, 0.6) is 0 Å². The van der Waals surface area contributed by atoms with E-state index in [9.17, 15) is 4.79 Å². The number of nitrogens with zero attached hydrogens (tertiary/aromatic N) is 3. The minimum atomic E-state index is -0.0302. The van der Waals surface area contributed by atoms with Gasteiger partial charge in [0.15, 0.2) is 0 Å². The van der Waals surface area contributed by atoms with Crippen LogP contribution in [-0.4, -0.2) is 39.6 Å². The smallest absolute Gasteiger partial charge is 0.243 e. The van der Waals surface area contributed by atoms with Crippen LogP contribution >= 0.6 is 11.3 Å². The summed E-state index contributed by atoms with van der Waals surface area (Å²) in [4.78, 5) is 15.3. The molecule has 134 valence electrons. The van der Waals surface area contributed by atoms with Crippen LogP contribution in [0.1, 0.15) is 71.2 Å². The van der Waals surface area contributed by atoms with E-state index in [1.807, 2.05) is 0 Å². The number of aromatic nitrogens is 2. The maximum absolute atomic E-state index is 12.8. The second kappa shape index (κ2) is 7.08. The molecule has 0 aromatic carbocycles. The van der Waals surface area contributed by atoms with Gasteiger partial charge in [-0.2, -0.15) is 0 Å². The van der Waals surface area contributed by atoms with E-state index in [1.54, 1.807) is 0 Å². The zero-order valence-corrected chi connectivity index (χ0v) is 16.2. The van der Waals surface area contributed by atoms with Gasteiger partial charge in [-0.3, -0.25) is 15.0 Å². The van der Waals surface area contributed by atoms with Crippen LogP contribution in [-0.2, 0) is 10.2 Å². The molecule has 1 amide bonds. The van der Waals surface area contributed by atoms with Crippen molar-refractivity contribution in [1.82, 2.24) is 15.1 Å². The summed E-state index contributed by atoms with van der Waals surface area (Å²) < 4.78 is 0. The molecule has 2 fully saturated rings. The highest BCUT2D eigenvalue weighted by atomic mass is 32.1. The minimum Gasteiger partial charge on any atom is -0.299 e. The van der Waals surface area contributed by atoms with E-state index in [-0.39, 0.29) is 17.4 Å². The van der Waals surface area contributed by atoms with Gasteiger partial charge in [0, 0.05) is 11.5 Å². The highest BCUT2D eigenvalue weighted by molar-refractivity contribution is 7.15. The van der Waals surface area contributed by atoms with Crippen molar-refractivity contribution in [1.29, 1.82) is 0 Å². The van der Waals surface area contributed by atoms with Crippen molar-refractivity contribution >= 4 is 22.4 Å². The third kappa shape index (κ3) is 3.80. The average molecular weight is 351 g/mol. The Labute approximate surface area is 149 Å². The molecule has 3 unspecified atom stereocenters. The fraction of sp³-hybridized carbons (Fsp3) is 0.833. The van der Waals surface area contributed by atoms with Crippen molar-refractivity contribution in [2.75, 3.05) is 11.9 Å². The lowest BCUT2D eigenvalue weighted by molar-refractivity contribution is -0.121. The van der Waals surface area contributed by atoms with Crippen LogP contribution in [0.4, 0.5) is 5.13 Å². The van der Waals surface area contributed by atoms with Crippen LogP contribution in [0, 0.1) is 5.92 Å². The van der Waals surface area contributed by atoms with Crippen LogP contribution in [0.3, 0.4) is 0 Å². The number of carbonyl (C=O) groups excluding carboxylic acids is 1. The highest BCUT2D eigenvalue weighted by Crippen LogP contribution is 2.34. The third-order valence-electron chi connectivity index (χ3n) is 5.39. The summed E-state index contributed by atoms with van der Waals surface area (Å²) in [6.45, 7) is 9.74. The van der Waals surface area contributed by atoms with E-state index in [0.717, 1.165) is 24.4 Å². The summed E-state index contributed by atoms with van der Waals surface area (Å²) in [6, 6.07) is 0.564. The molecule has 0 radical (unpaired) electrons. The monoisotopic (exact) mass is 350 g/mol. The zero-order valence-electron chi connectivity index (χ0n) is 15.3. The summed E-state index contributed by atoms with van der Waals surface area (Å²) in [7, 11) is 0. The molecule has 0 spiro atoms. The Kier molecular flexibility index (Phi) is 5.25. The van der Waals surface area contributed by atoms with Crippen molar-refractivity contribution in [2.24, 2.45) is 5.92 Å². The van der Waals surface area contributed by atoms with Crippen LogP contribution in [0.2, 0.25) is 0 Å². The predicted molar refractivity (Wildman–Crippen MR) is 98.4 cm³/mol. The van der Waals surface area contributed by atoms with E-state index in [2.05, 4.69) is 48.1 Å². The molecule has 1 aliphatic heterocycles. The van der Waals surface area contributed by atoms with Gasteiger partial charge in [-0.15, -0.1) is 10.2 Å². The Balaban J connectivity index is 1.66. The molecule has 6 heteroatoms. The van der Waals surface area contributed by atoms with Crippen LogP contribution < -0.4 is 5.32 Å². The van der Waals surface area contributed by atoms with E-state index in [4.69, 9.17) is 0 Å². The molecular weight excluding hydrogens is 320 g/mol. The topological polar surface area (TPSA) is 58.1 Å². The third-order valence-corrected chi connectivity index (χ3v) is 6.65. The maximum atomic E-state index is 12.8. The Morgan fingerprint density at radius 3 is 2.58 bits per heavy atom. The molecule has 24 heavy (non-hydrogen) atoms. The maximum Gasteiger partial charge on any atom is 0.243 e. The number of rotatable bonds is 3. The van der Waals surface area contributed by atoms with E-state index >= 15 is 0 Å². The van der Waals surface area contributed by atoms with Crippen molar-refractivity contribution in [3.05, 3.63) is 5.01 Å². The summed E-state index contributed by atoms with van der Waals surface area (Å²) in [5, 5.41) is 13.0. The molecule has 1 saturated carbocycles. The number of amides is 1. The van der Waals surface area contributed by atoms with Gasteiger partial charge in [-0.05, 0) is 38.1 Å². The number of carbonyl (C=O) groups is 1.